The van der Waals surface area contributed by atoms with E-state index in [0.29, 0.717) is 17.7 Å². The Morgan fingerprint density at radius 2 is 1.88 bits per heavy atom. The van der Waals surface area contributed by atoms with Crippen molar-refractivity contribution in [1.29, 1.82) is 5.26 Å². The highest BCUT2D eigenvalue weighted by molar-refractivity contribution is 5.91. The molecule has 90 valence electrons. The molecular formula is C14H17NO2. The van der Waals surface area contributed by atoms with Crippen molar-refractivity contribution in [3.8, 4) is 6.07 Å². The number of benzene rings is 1. The fourth-order valence-corrected chi connectivity index (χ4v) is 2.01. The van der Waals surface area contributed by atoms with Gasteiger partial charge in [-0.2, -0.15) is 5.26 Å². The number of carbonyl (C=O) groups is 1. The largest absolute Gasteiger partial charge is 0.462 e. The van der Waals surface area contributed by atoms with Crippen LogP contribution in [-0.2, 0) is 17.6 Å². The second-order valence-corrected chi connectivity index (χ2v) is 3.66. The minimum Gasteiger partial charge on any atom is -0.462 e. The minimum atomic E-state index is -0.302. The van der Waals surface area contributed by atoms with Gasteiger partial charge in [0.2, 0.25) is 0 Å². The predicted molar refractivity (Wildman–Crippen MR) is 65.9 cm³/mol. The maximum absolute atomic E-state index is 11.8. The van der Waals surface area contributed by atoms with Gasteiger partial charge >= 0.3 is 5.97 Å². The van der Waals surface area contributed by atoms with E-state index in [1.54, 1.807) is 19.1 Å². The third-order valence-electron chi connectivity index (χ3n) is 2.75. The molecule has 0 aliphatic carbocycles. The fourth-order valence-electron chi connectivity index (χ4n) is 2.01. The van der Waals surface area contributed by atoms with Crippen LogP contribution in [0.15, 0.2) is 12.1 Å². The zero-order valence-corrected chi connectivity index (χ0v) is 10.5. The zero-order valence-electron chi connectivity index (χ0n) is 10.5. The molecule has 0 spiro atoms. The van der Waals surface area contributed by atoms with Crippen LogP contribution in [0.2, 0.25) is 0 Å². The monoisotopic (exact) mass is 231 g/mol. The summed E-state index contributed by atoms with van der Waals surface area (Å²) in [5.74, 6) is -0.302. The van der Waals surface area contributed by atoms with E-state index in [0.717, 1.165) is 24.0 Å². The van der Waals surface area contributed by atoms with Crippen molar-refractivity contribution >= 4 is 5.97 Å². The molecule has 0 aromatic heterocycles. The summed E-state index contributed by atoms with van der Waals surface area (Å²) in [5, 5.41) is 9.04. The number of esters is 1. The molecule has 3 nitrogen and oxygen atoms in total. The number of ether oxygens (including phenoxy) is 1. The fraction of sp³-hybridized carbons (Fsp3) is 0.429. The summed E-state index contributed by atoms with van der Waals surface area (Å²) in [6.45, 7) is 6.12. The normalized spacial score (nSPS) is 9.76. The lowest BCUT2D eigenvalue weighted by Gasteiger charge is -2.13. The van der Waals surface area contributed by atoms with E-state index in [-0.39, 0.29) is 5.97 Å². The number of hydrogen-bond donors (Lipinski definition) is 0. The van der Waals surface area contributed by atoms with Crippen LogP contribution in [-0.4, -0.2) is 12.6 Å². The van der Waals surface area contributed by atoms with Crippen LogP contribution >= 0.6 is 0 Å². The van der Waals surface area contributed by atoms with Crippen molar-refractivity contribution in [2.45, 2.75) is 33.6 Å². The number of rotatable bonds is 4. The van der Waals surface area contributed by atoms with Crippen molar-refractivity contribution in [1.82, 2.24) is 0 Å². The highest BCUT2D eigenvalue weighted by atomic mass is 16.5. The summed E-state index contributed by atoms with van der Waals surface area (Å²) in [5.41, 5.74) is 3.13. The average Bonchev–Trinajstić information content (AvgIpc) is 2.36. The summed E-state index contributed by atoms with van der Waals surface area (Å²) in [4.78, 5) is 11.8. The molecule has 0 radical (unpaired) electrons. The van der Waals surface area contributed by atoms with Gasteiger partial charge < -0.3 is 4.74 Å². The van der Waals surface area contributed by atoms with Crippen molar-refractivity contribution < 1.29 is 9.53 Å². The molecule has 0 atom stereocenters. The van der Waals surface area contributed by atoms with Gasteiger partial charge in [-0.25, -0.2) is 4.79 Å². The van der Waals surface area contributed by atoms with Crippen LogP contribution in [0.25, 0.3) is 0 Å². The first-order valence-electron chi connectivity index (χ1n) is 5.91. The second-order valence-electron chi connectivity index (χ2n) is 3.66. The second kappa shape index (κ2) is 6.05. The first kappa shape index (κ1) is 13.2. The summed E-state index contributed by atoms with van der Waals surface area (Å²) >= 11 is 0. The molecule has 1 aromatic carbocycles. The van der Waals surface area contributed by atoms with Gasteiger partial charge in [0.15, 0.2) is 0 Å². The number of carbonyl (C=O) groups excluding carboxylic acids is 1. The molecule has 0 aliphatic heterocycles. The summed E-state index contributed by atoms with van der Waals surface area (Å²) < 4.78 is 5.02. The average molecular weight is 231 g/mol. The predicted octanol–water partition coefficient (Wildman–Crippen LogP) is 2.86. The molecule has 0 aliphatic rings. The van der Waals surface area contributed by atoms with Crippen LogP contribution in [0.4, 0.5) is 0 Å². The van der Waals surface area contributed by atoms with Gasteiger partial charge in [0, 0.05) is 0 Å². The Kier molecular flexibility index (Phi) is 4.71. The Balaban J connectivity index is 3.34. The van der Waals surface area contributed by atoms with E-state index in [9.17, 15) is 4.79 Å². The van der Waals surface area contributed by atoms with Crippen molar-refractivity contribution in [2.75, 3.05) is 6.61 Å². The quantitative estimate of drug-likeness (QED) is 0.749. The van der Waals surface area contributed by atoms with Crippen LogP contribution < -0.4 is 0 Å². The number of nitrogens with zero attached hydrogens (tertiary/aromatic N) is 1. The maximum Gasteiger partial charge on any atom is 0.338 e. The number of nitriles is 1. The molecule has 0 amide bonds. The van der Waals surface area contributed by atoms with Crippen LogP contribution in [0.1, 0.15) is 47.8 Å². The Bertz CT molecular complexity index is 458. The van der Waals surface area contributed by atoms with Crippen LogP contribution in [0.5, 0.6) is 0 Å². The van der Waals surface area contributed by atoms with Crippen LogP contribution in [0, 0.1) is 11.3 Å². The van der Waals surface area contributed by atoms with Crippen molar-refractivity contribution in [3.63, 3.8) is 0 Å². The molecule has 0 bridgehead atoms. The highest BCUT2D eigenvalue weighted by Gasteiger charge is 2.16. The van der Waals surface area contributed by atoms with E-state index >= 15 is 0 Å². The Morgan fingerprint density at radius 3 is 2.35 bits per heavy atom. The van der Waals surface area contributed by atoms with E-state index < -0.39 is 0 Å². The highest BCUT2D eigenvalue weighted by Crippen LogP contribution is 2.21. The molecule has 0 unspecified atom stereocenters. The topological polar surface area (TPSA) is 50.1 Å². The summed E-state index contributed by atoms with van der Waals surface area (Å²) in [7, 11) is 0. The van der Waals surface area contributed by atoms with Gasteiger partial charge in [-0.15, -0.1) is 0 Å². The van der Waals surface area contributed by atoms with E-state index in [4.69, 9.17) is 10.00 Å². The van der Waals surface area contributed by atoms with Gasteiger partial charge in [-0.1, -0.05) is 13.8 Å². The van der Waals surface area contributed by atoms with Gasteiger partial charge in [-0.3, -0.25) is 0 Å². The summed E-state index contributed by atoms with van der Waals surface area (Å²) in [6, 6.07) is 5.55. The molecule has 1 aromatic rings. The molecule has 0 N–H and O–H groups in total. The maximum atomic E-state index is 11.8. The molecule has 0 heterocycles. The molecular weight excluding hydrogens is 214 g/mol. The van der Waals surface area contributed by atoms with E-state index in [1.165, 1.54) is 0 Å². The zero-order chi connectivity index (χ0) is 12.8. The van der Waals surface area contributed by atoms with E-state index in [2.05, 4.69) is 6.07 Å². The summed E-state index contributed by atoms with van der Waals surface area (Å²) in [6.07, 6.45) is 1.48. The van der Waals surface area contributed by atoms with Gasteiger partial charge in [0.05, 0.1) is 23.8 Å². The lowest BCUT2D eigenvalue weighted by Crippen LogP contribution is -2.10. The Morgan fingerprint density at radius 1 is 1.24 bits per heavy atom. The first-order valence-corrected chi connectivity index (χ1v) is 5.91. The third-order valence-corrected chi connectivity index (χ3v) is 2.75. The SMILES string of the molecule is CCOC(=O)c1ccc(C#N)c(CC)c1CC. The Hall–Kier alpha value is -1.82. The van der Waals surface area contributed by atoms with Gasteiger partial charge in [0.25, 0.3) is 0 Å². The van der Waals surface area contributed by atoms with Gasteiger partial charge in [0.1, 0.15) is 0 Å². The lowest BCUT2D eigenvalue weighted by molar-refractivity contribution is 0.0525. The van der Waals surface area contributed by atoms with Crippen molar-refractivity contribution in [2.24, 2.45) is 0 Å². The Labute approximate surface area is 102 Å². The first-order chi connectivity index (χ1) is 8.19. The van der Waals surface area contributed by atoms with Gasteiger partial charge in [-0.05, 0) is 43.0 Å². The lowest BCUT2D eigenvalue weighted by atomic mass is 9.93. The van der Waals surface area contributed by atoms with Crippen LogP contribution in [0.3, 0.4) is 0 Å². The number of hydrogen-bond acceptors (Lipinski definition) is 3. The molecule has 1 rings (SSSR count). The molecule has 3 heteroatoms. The molecule has 0 saturated carbocycles. The van der Waals surface area contributed by atoms with E-state index in [1.807, 2.05) is 13.8 Å². The smallest absolute Gasteiger partial charge is 0.338 e. The standard InChI is InChI=1S/C14H17NO2/c1-4-11-10(9-15)7-8-13(12(11)5-2)14(16)17-6-3/h7-8H,4-6H2,1-3H3. The minimum absolute atomic E-state index is 0.302. The third kappa shape index (κ3) is 2.65. The van der Waals surface area contributed by atoms with Crippen molar-refractivity contribution in [3.05, 3.63) is 34.4 Å². The molecule has 0 saturated heterocycles. The molecule has 17 heavy (non-hydrogen) atoms. The molecule has 0 fully saturated rings.